The van der Waals surface area contributed by atoms with Crippen LogP contribution in [0.5, 0.6) is 11.5 Å². The summed E-state index contributed by atoms with van der Waals surface area (Å²) in [7, 11) is 0. The number of nitrogens with one attached hydrogen (secondary N) is 1. The first-order valence-electron chi connectivity index (χ1n) is 7.04. The molecule has 0 fully saturated rings. The molecule has 0 aliphatic carbocycles. The molecule has 6 heteroatoms. The van der Waals surface area contributed by atoms with Crippen LogP contribution in [0.25, 0.3) is 0 Å². The summed E-state index contributed by atoms with van der Waals surface area (Å²) in [6, 6.07) is 13.7. The van der Waals surface area contributed by atoms with E-state index < -0.39 is 4.92 Å². The molecule has 2 aromatic carbocycles. The van der Waals surface area contributed by atoms with Gasteiger partial charge in [0, 0.05) is 24.7 Å². The van der Waals surface area contributed by atoms with E-state index in [1.165, 1.54) is 6.07 Å². The van der Waals surface area contributed by atoms with Gasteiger partial charge in [0.25, 0.3) is 0 Å². The number of aliphatic imine (C=N–C) groups is 1. The molecule has 3 rings (SSSR count). The maximum absolute atomic E-state index is 11.0. The molecule has 22 heavy (non-hydrogen) atoms. The quantitative estimate of drug-likeness (QED) is 0.694. The number of ether oxygens (including phenoxy) is 1. The zero-order valence-electron chi connectivity index (χ0n) is 11.9. The van der Waals surface area contributed by atoms with Gasteiger partial charge in [-0.2, -0.15) is 0 Å². The maximum atomic E-state index is 11.0. The lowest BCUT2D eigenvalue weighted by atomic mass is 10.1. The Morgan fingerprint density at radius 2 is 2.05 bits per heavy atom. The molecule has 0 unspecified atom stereocenters. The van der Waals surface area contributed by atoms with E-state index in [0.717, 1.165) is 30.9 Å². The molecule has 1 N–H and O–H groups in total. The van der Waals surface area contributed by atoms with Gasteiger partial charge in [0.15, 0.2) is 0 Å². The lowest BCUT2D eigenvalue weighted by molar-refractivity contribution is -0.385. The minimum absolute atomic E-state index is 0.0546. The first-order valence-corrected chi connectivity index (χ1v) is 7.04. The topological polar surface area (TPSA) is 76.8 Å². The number of rotatable bonds is 4. The third kappa shape index (κ3) is 3.06. The maximum Gasteiger partial charge on any atom is 0.311 e. The molecule has 0 saturated carbocycles. The number of hydrogen-bond acceptors (Lipinski definition) is 5. The summed E-state index contributed by atoms with van der Waals surface area (Å²) in [4.78, 5) is 15.0. The van der Waals surface area contributed by atoms with Crippen LogP contribution in [0.2, 0.25) is 0 Å². The lowest BCUT2D eigenvalue weighted by Gasteiger charge is -2.15. The number of nitrogens with zero attached hydrogens (tertiary/aromatic N) is 2. The number of amidine groups is 1. The molecule has 1 aliphatic rings. The predicted octanol–water partition coefficient (Wildman–Crippen LogP) is 3.13. The van der Waals surface area contributed by atoms with Crippen LogP contribution in [0, 0.1) is 10.1 Å². The zero-order chi connectivity index (χ0) is 15.4. The van der Waals surface area contributed by atoms with Crippen LogP contribution in [0.3, 0.4) is 0 Å². The van der Waals surface area contributed by atoms with Crippen molar-refractivity contribution in [2.45, 2.75) is 6.42 Å². The summed E-state index contributed by atoms with van der Waals surface area (Å²) in [6.45, 7) is 1.70. The second kappa shape index (κ2) is 6.26. The molecule has 0 spiro atoms. The highest BCUT2D eigenvalue weighted by atomic mass is 16.6. The molecule has 1 aliphatic heterocycles. The monoisotopic (exact) mass is 297 g/mol. The van der Waals surface area contributed by atoms with E-state index in [-0.39, 0.29) is 11.4 Å². The Morgan fingerprint density at radius 1 is 1.18 bits per heavy atom. The van der Waals surface area contributed by atoms with Crippen molar-refractivity contribution >= 4 is 11.5 Å². The molecule has 0 atom stereocenters. The molecule has 112 valence electrons. The third-order valence-corrected chi connectivity index (χ3v) is 3.29. The predicted molar refractivity (Wildman–Crippen MR) is 83.6 cm³/mol. The average Bonchev–Trinajstić information content (AvgIpc) is 2.56. The van der Waals surface area contributed by atoms with Gasteiger partial charge >= 0.3 is 5.69 Å². The summed E-state index contributed by atoms with van der Waals surface area (Å²) in [6.07, 6.45) is 1.02. The van der Waals surface area contributed by atoms with Crippen molar-refractivity contribution in [3.8, 4) is 11.5 Å². The van der Waals surface area contributed by atoms with Crippen LogP contribution in [-0.2, 0) is 0 Å². The summed E-state index contributed by atoms with van der Waals surface area (Å²) < 4.78 is 5.68. The minimum atomic E-state index is -0.452. The Balaban J connectivity index is 1.87. The minimum Gasteiger partial charge on any atom is -0.450 e. The highest BCUT2D eigenvalue weighted by molar-refractivity contribution is 5.99. The number of para-hydroxylation sites is 2. The molecule has 0 saturated heterocycles. The van der Waals surface area contributed by atoms with Crippen molar-refractivity contribution in [1.29, 1.82) is 0 Å². The van der Waals surface area contributed by atoms with E-state index in [2.05, 4.69) is 10.3 Å². The van der Waals surface area contributed by atoms with Crippen molar-refractivity contribution in [1.82, 2.24) is 5.32 Å². The fraction of sp³-hybridized carbons (Fsp3) is 0.188. The van der Waals surface area contributed by atoms with Crippen LogP contribution < -0.4 is 10.1 Å². The molecule has 6 nitrogen and oxygen atoms in total. The molecule has 0 radical (unpaired) electrons. The average molecular weight is 297 g/mol. The van der Waals surface area contributed by atoms with Gasteiger partial charge in [0.05, 0.1) is 4.92 Å². The van der Waals surface area contributed by atoms with E-state index >= 15 is 0 Å². The van der Waals surface area contributed by atoms with E-state index in [4.69, 9.17) is 4.74 Å². The van der Waals surface area contributed by atoms with Gasteiger partial charge in [-0.05, 0) is 24.6 Å². The molecular formula is C16H15N3O3. The van der Waals surface area contributed by atoms with Crippen molar-refractivity contribution in [3.05, 3.63) is 64.2 Å². The lowest BCUT2D eigenvalue weighted by Crippen LogP contribution is -2.30. The standard InChI is InChI=1S/C16H15N3O3/c20-19(21)14-7-1-2-8-15(14)22-13-6-3-5-12(11-13)16-17-9-4-10-18-16/h1-3,5-8,11H,4,9-10H2,(H,17,18). The Labute approximate surface area is 127 Å². The molecule has 1 heterocycles. The summed E-state index contributed by atoms with van der Waals surface area (Å²) >= 11 is 0. The second-order valence-electron chi connectivity index (χ2n) is 4.87. The van der Waals surface area contributed by atoms with Gasteiger partial charge in [0.2, 0.25) is 5.75 Å². The van der Waals surface area contributed by atoms with Crippen molar-refractivity contribution in [3.63, 3.8) is 0 Å². The van der Waals surface area contributed by atoms with E-state index in [1.807, 2.05) is 18.2 Å². The van der Waals surface area contributed by atoms with Crippen LogP contribution >= 0.6 is 0 Å². The fourth-order valence-electron chi connectivity index (χ4n) is 2.25. The Kier molecular flexibility index (Phi) is 4.00. The largest absolute Gasteiger partial charge is 0.450 e. The van der Waals surface area contributed by atoms with Crippen LogP contribution in [0.4, 0.5) is 5.69 Å². The number of hydrogen-bond donors (Lipinski definition) is 1. The van der Waals surface area contributed by atoms with Crippen molar-refractivity contribution in [2.75, 3.05) is 13.1 Å². The first-order chi connectivity index (χ1) is 10.7. The van der Waals surface area contributed by atoms with Crippen LogP contribution in [0.1, 0.15) is 12.0 Å². The number of nitro benzene ring substituents is 1. The first kappa shape index (κ1) is 14.1. The summed E-state index contributed by atoms with van der Waals surface area (Å²) in [5.41, 5.74) is 0.858. The van der Waals surface area contributed by atoms with Gasteiger partial charge in [-0.1, -0.05) is 24.3 Å². The summed E-state index contributed by atoms with van der Waals surface area (Å²) in [5.74, 6) is 1.60. The van der Waals surface area contributed by atoms with Gasteiger partial charge in [0.1, 0.15) is 11.6 Å². The van der Waals surface area contributed by atoms with Gasteiger partial charge in [-0.3, -0.25) is 15.1 Å². The molecule has 0 bridgehead atoms. The van der Waals surface area contributed by atoms with Crippen molar-refractivity contribution in [2.24, 2.45) is 4.99 Å². The second-order valence-corrected chi connectivity index (χ2v) is 4.87. The zero-order valence-corrected chi connectivity index (χ0v) is 11.9. The molecule has 0 aromatic heterocycles. The van der Waals surface area contributed by atoms with Gasteiger partial charge in [-0.25, -0.2) is 0 Å². The van der Waals surface area contributed by atoms with Crippen LogP contribution in [0.15, 0.2) is 53.5 Å². The van der Waals surface area contributed by atoms with Crippen molar-refractivity contribution < 1.29 is 9.66 Å². The smallest absolute Gasteiger partial charge is 0.311 e. The number of benzene rings is 2. The Hall–Kier alpha value is -2.89. The van der Waals surface area contributed by atoms with Gasteiger partial charge < -0.3 is 10.1 Å². The number of nitro groups is 1. The Morgan fingerprint density at radius 3 is 2.82 bits per heavy atom. The summed E-state index contributed by atoms with van der Waals surface area (Å²) in [5, 5.41) is 14.3. The molecular weight excluding hydrogens is 282 g/mol. The van der Waals surface area contributed by atoms with Crippen LogP contribution in [-0.4, -0.2) is 23.8 Å². The normalized spacial score (nSPS) is 13.9. The van der Waals surface area contributed by atoms with Gasteiger partial charge in [-0.15, -0.1) is 0 Å². The fourth-order valence-corrected chi connectivity index (χ4v) is 2.25. The highest BCUT2D eigenvalue weighted by Crippen LogP contribution is 2.31. The van der Waals surface area contributed by atoms with E-state index in [9.17, 15) is 10.1 Å². The third-order valence-electron chi connectivity index (χ3n) is 3.29. The molecule has 0 amide bonds. The van der Waals surface area contributed by atoms with E-state index in [1.54, 1.807) is 24.3 Å². The highest BCUT2D eigenvalue weighted by Gasteiger charge is 2.15. The van der Waals surface area contributed by atoms with E-state index in [0.29, 0.717) is 5.75 Å². The Bertz CT molecular complexity index is 728. The SMILES string of the molecule is O=[N+]([O-])c1ccccc1Oc1cccc(C2=NCCCN2)c1. The molecule has 2 aromatic rings.